The lowest BCUT2D eigenvalue weighted by atomic mass is 9.49. The minimum Gasteiger partial charge on any atom is -0.345 e. The van der Waals surface area contributed by atoms with Gasteiger partial charge in [-0.1, -0.05) is 0 Å². The van der Waals surface area contributed by atoms with Crippen LogP contribution in [0, 0.1) is 25.7 Å². The van der Waals surface area contributed by atoms with Crippen molar-refractivity contribution >= 4 is 23.2 Å². The Kier molecular flexibility index (Phi) is 4.24. The van der Waals surface area contributed by atoms with Crippen LogP contribution >= 0.6 is 11.3 Å². The van der Waals surface area contributed by atoms with Gasteiger partial charge < -0.3 is 10.6 Å². The summed E-state index contributed by atoms with van der Waals surface area (Å²) < 4.78 is 0. The Morgan fingerprint density at radius 3 is 2.14 bits per heavy atom. The molecule has 0 saturated heterocycles. The highest BCUT2D eigenvalue weighted by Gasteiger charge is 2.58. The third-order valence-electron chi connectivity index (χ3n) is 6.66. The predicted octanol–water partition coefficient (Wildman–Crippen LogP) is 2.80. The second kappa shape index (κ2) is 6.58. The summed E-state index contributed by atoms with van der Waals surface area (Å²) in [7, 11) is 0. The minimum atomic E-state index is -0.280. The first kappa shape index (κ1) is 18.7. The summed E-state index contributed by atoms with van der Waals surface area (Å²) in [5.41, 5.74) is 1.04. The SMILES string of the molecule is Cc1cncc(C(=O)NC23CC4CC(C2)CC(NC(=O)c2csc(C)n2)(C4)C3)n1. The number of hydrogen-bond donors (Lipinski definition) is 2. The number of amides is 2. The molecule has 2 aromatic rings. The molecular weight excluding hydrogens is 386 g/mol. The average Bonchev–Trinajstić information content (AvgIpc) is 3.06. The van der Waals surface area contributed by atoms with Crippen LogP contribution in [0.1, 0.15) is 70.2 Å². The van der Waals surface area contributed by atoms with Crippen molar-refractivity contribution in [2.45, 2.75) is 63.5 Å². The molecular formula is C21H25N5O2S. The van der Waals surface area contributed by atoms with E-state index in [4.69, 9.17) is 0 Å². The van der Waals surface area contributed by atoms with Gasteiger partial charge in [0.1, 0.15) is 11.4 Å². The maximum absolute atomic E-state index is 12.9. The van der Waals surface area contributed by atoms with Crippen molar-refractivity contribution in [3.8, 4) is 0 Å². The van der Waals surface area contributed by atoms with Crippen molar-refractivity contribution in [2.24, 2.45) is 11.8 Å². The van der Waals surface area contributed by atoms with Gasteiger partial charge in [0.2, 0.25) is 0 Å². The largest absolute Gasteiger partial charge is 0.345 e. The molecule has 4 fully saturated rings. The second-order valence-corrected chi connectivity index (χ2v) is 10.3. The number of hydrogen-bond acceptors (Lipinski definition) is 6. The number of carbonyl (C=O) groups is 2. The molecule has 2 amide bonds. The number of carbonyl (C=O) groups excluding carboxylic acids is 2. The van der Waals surface area contributed by atoms with Crippen molar-refractivity contribution in [2.75, 3.05) is 0 Å². The predicted molar refractivity (Wildman–Crippen MR) is 109 cm³/mol. The zero-order valence-electron chi connectivity index (χ0n) is 16.7. The van der Waals surface area contributed by atoms with Gasteiger partial charge in [-0.15, -0.1) is 11.3 Å². The van der Waals surface area contributed by atoms with Gasteiger partial charge in [0, 0.05) is 22.7 Å². The van der Waals surface area contributed by atoms with Crippen LogP contribution in [0.4, 0.5) is 0 Å². The van der Waals surface area contributed by atoms with Gasteiger partial charge in [-0.2, -0.15) is 0 Å². The van der Waals surface area contributed by atoms with E-state index in [1.54, 1.807) is 6.20 Å². The quantitative estimate of drug-likeness (QED) is 0.806. The first-order valence-electron chi connectivity index (χ1n) is 10.2. The zero-order chi connectivity index (χ0) is 20.2. The lowest BCUT2D eigenvalue weighted by molar-refractivity contribution is -0.0449. The van der Waals surface area contributed by atoms with E-state index >= 15 is 0 Å². The third-order valence-corrected chi connectivity index (χ3v) is 7.43. The number of thiazole rings is 1. The fourth-order valence-electron chi connectivity index (χ4n) is 6.21. The Labute approximate surface area is 173 Å². The van der Waals surface area contributed by atoms with Crippen molar-refractivity contribution < 1.29 is 9.59 Å². The Balaban J connectivity index is 1.38. The number of aryl methyl sites for hydroxylation is 2. The zero-order valence-corrected chi connectivity index (χ0v) is 17.5. The Morgan fingerprint density at radius 2 is 1.59 bits per heavy atom. The standard InChI is InChI=1S/C21H25N5O2S/c1-12-8-22-9-16(23-12)18(27)25-20-4-14-3-15(5-20)7-21(6-14,11-20)26-19(28)17-10-29-13(2)24-17/h8-10,14-15H,3-7,11H2,1-2H3,(H,25,27)(H,26,28). The summed E-state index contributed by atoms with van der Waals surface area (Å²) in [5, 5.41) is 9.34. The molecule has 0 aromatic carbocycles. The molecule has 2 unspecified atom stereocenters. The summed E-state index contributed by atoms with van der Waals surface area (Å²) in [5.74, 6) is 0.789. The average molecular weight is 412 g/mol. The molecule has 152 valence electrons. The molecule has 29 heavy (non-hydrogen) atoms. The number of rotatable bonds is 4. The highest BCUT2D eigenvalue weighted by atomic mass is 32.1. The van der Waals surface area contributed by atoms with Gasteiger partial charge in [-0.3, -0.25) is 14.6 Å². The third kappa shape index (κ3) is 3.43. The Bertz CT molecular complexity index is 973. The number of nitrogens with zero attached hydrogens (tertiary/aromatic N) is 3. The van der Waals surface area contributed by atoms with Crippen molar-refractivity contribution in [1.29, 1.82) is 0 Å². The number of nitrogens with one attached hydrogen (secondary N) is 2. The Hall–Kier alpha value is -2.35. The summed E-state index contributed by atoms with van der Waals surface area (Å²) >= 11 is 1.49. The Morgan fingerprint density at radius 1 is 0.966 bits per heavy atom. The van der Waals surface area contributed by atoms with Crippen molar-refractivity contribution in [3.05, 3.63) is 39.9 Å². The maximum atomic E-state index is 12.9. The molecule has 2 N–H and O–H groups in total. The van der Waals surface area contributed by atoms with Gasteiger partial charge in [0.15, 0.2) is 0 Å². The summed E-state index contributed by atoms with van der Waals surface area (Å²) in [4.78, 5) is 38.6. The monoisotopic (exact) mass is 411 g/mol. The highest BCUT2D eigenvalue weighted by molar-refractivity contribution is 7.09. The van der Waals surface area contributed by atoms with Crippen LogP contribution < -0.4 is 10.6 Å². The fraction of sp³-hybridized carbons (Fsp3) is 0.571. The topological polar surface area (TPSA) is 96.9 Å². The summed E-state index contributed by atoms with van der Waals surface area (Å²) in [6.07, 6.45) is 9.05. The highest BCUT2D eigenvalue weighted by Crippen LogP contribution is 2.57. The molecule has 4 aliphatic carbocycles. The first-order valence-corrected chi connectivity index (χ1v) is 11.1. The molecule has 6 rings (SSSR count). The molecule has 0 aliphatic heterocycles. The van der Waals surface area contributed by atoms with Crippen LogP contribution in [0.15, 0.2) is 17.8 Å². The fourth-order valence-corrected chi connectivity index (χ4v) is 6.80. The molecule has 2 heterocycles. The van der Waals surface area contributed by atoms with Gasteiger partial charge >= 0.3 is 0 Å². The van der Waals surface area contributed by atoms with Crippen LogP contribution in [0.5, 0.6) is 0 Å². The van der Waals surface area contributed by atoms with E-state index in [2.05, 4.69) is 25.6 Å². The van der Waals surface area contributed by atoms with Crippen LogP contribution in [0.2, 0.25) is 0 Å². The van der Waals surface area contributed by atoms with Gasteiger partial charge in [-0.25, -0.2) is 9.97 Å². The van der Waals surface area contributed by atoms with Crippen molar-refractivity contribution in [1.82, 2.24) is 25.6 Å². The van der Waals surface area contributed by atoms with E-state index < -0.39 is 0 Å². The van der Waals surface area contributed by atoms with Crippen LogP contribution in [-0.2, 0) is 0 Å². The van der Waals surface area contributed by atoms with Crippen molar-refractivity contribution in [3.63, 3.8) is 0 Å². The first-order chi connectivity index (χ1) is 13.8. The van der Waals surface area contributed by atoms with E-state index in [9.17, 15) is 9.59 Å². The smallest absolute Gasteiger partial charge is 0.271 e. The second-order valence-electron chi connectivity index (χ2n) is 9.23. The molecule has 2 atom stereocenters. The van der Waals surface area contributed by atoms with E-state index in [0.29, 0.717) is 23.2 Å². The number of aromatic nitrogens is 3. The van der Waals surface area contributed by atoms with Crippen LogP contribution in [0.3, 0.4) is 0 Å². The van der Waals surface area contributed by atoms with Crippen LogP contribution in [-0.4, -0.2) is 37.8 Å². The molecule has 4 saturated carbocycles. The molecule has 0 spiro atoms. The summed E-state index contributed by atoms with van der Waals surface area (Å²) in [6.45, 7) is 3.74. The van der Waals surface area contributed by atoms with E-state index in [0.717, 1.165) is 42.8 Å². The molecule has 8 heteroatoms. The molecule has 4 aliphatic rings. The molecule has 7 nitrogen and oxygen atoms in total. The van der Waals surface area contributed by atoms with E-state index in [1.165, 1.54) is 24.0 Å². The van der Waals surface area contributed by atoms with Crippen LogP contribution in [0.25, 0.3) is 0 Å². The summed E-state index contributed by atoms with van der Waals surface area (Å²) in [6, 6.07) is 0. The van der Waals surface area contributed by atoms with E-state index in [1.807, 2.05) is 19.2 Å². The van der Waals surface area contributed by atoms with E-state index in [-0.39, 0.29) is 22.9 Å². The maximum Gasteiger partial charge on any atom is 0.271 e. The minimum absolute atomic E-state index is 0.0951. The molecule has 2 aromatic heterocycles. The van der Waals surface area contributed by atoms with Gasteiger partial charge in [0.25, 0.3) is 11.8 Å². The lowest BCUT2D eigenvalue weighted by Gasteiger charge is -2.62. The van der Waals surface area contributed by atoms with Gasteiger partial charge in [-0.05, 0) is 64.2 Å². The van der Waals surface area contributed by atoms with Gasteiger partial charge in [0.05, 0.1) is 16.9 Å². The normalized spacial score (nSPS) is 32.2. The lowest BCUT2D eigenvalue weighted by Crippen LogP contribution is -2.69. The molecule has 0 radical (unpaired) electrons. The molecule has 4 bridgehead atoms.